The molecule has 0 aliphatic carbocycles. The van der Waals surface area contributed by atoms with E-state index in [1.165, 1.54) is 29.2 Å². The van der Waals surface area contributed by atoms with Gasteiger partial charge in [0.1, 0.15) is 6.33 Å². The number of nitro benzene ring substituents is 1. The van der Waals surface area contributed by atoms with Crippen LogP contribution in [0.15, 0.2) is 31.1 Å². The minimum atomic E-state index is -0.471. The lowest BCUT2D eigenvalue weighted by Gasteiger charge is -2.01. The van der Waals surface area contributed by atoms with E-state index in [-0.39, 0.29) is 5.69 Å². The van der Waals surface area contributed by atoms with Gasteiger partial charge in [0.15, 0.2) is 0 Å². The Morgan fingerprint density at radius 2 is 2.25 bits per heavy atom. The van der Waals surface area contributed by atoms with Gasteiger partial charge in [0.05, 0.1) is 10.6 Å². The zero-order valence-corrected chi connectivity index (χ0v) is 8.15. The molecule has 0 atom stereocenters. The molecule has 7 nitrogen and oxygen atoms in total. The average Bonchev–Trinajstić information content (AvgIpc) is 2.81. The molecule has 0 N–H and O–H groups in total. The molecule has 0 radical (unpaired) electrons. The number of rotatable bonds is 3. The third-order valence-electron chi connectivity index (χ3n) is 1.98. The first-order valence-corrected chi connectivity index (χ1v) is 4.36. The second-order valence-corrected chi connectivity index (χ2v) is 3.00. The molecule has 0 spiro atoms. The Labute approximate surface area is 90.2 Å². The highest BCUT2D eigenvalue weighted by molar-refractivity contribution is 5.57. The Morgan fingerprint density at radius 1 is 1.44 bits per heavy atom. The van der Waals surface area contributed by atoms with Crippen molar-refractivity contribution in [3.05, 3.63) is 46.8 Å². The van der Waals surface area contributed by atoms with E-state index in [2.05, 4.69) is 22.1 Å². The summed E-state index contributed by atoms with van der Waals surface area (Å²) in [5.74, 6) is 0. The molecule has 1 aromatic heterocycles. The van der Waals surface area contributed by atoms with Crippen molar-refractivity contribution >= 4 is 11.8 Å². The minimum absolute atomic E-state index is 0.0251. The molecule has 2 aromatic rings. The molecule has 2 rings (SSSR count). The summed E-state index contributed by atoms with van der Waals surface area (Å²) in [7, 11) is 0. The van der Waals surface area contributed by atoms with Gasteiger partial charge in [0.2, 0.25) is 0 Å². The number of nitro groups is 1. The lowest BCUT2D eigenvalue weighted by molar-refractivity contribution is -0.384. The van der Waals surface area contributed by atoms with Gasteiger partial charge in [-0.05, 0) is 22.1 Å². The number of nitrogens with zero attached hydrogens (tertiary/aromatic N) is 5. The van der Waals surface area contributed by atoms with Gasteiger partial charge < -0.3 is 0 Å². The number of hydrogen-bond donors (Lipinski definition) is 0. The second kappa shape index (κ2) is 3.89. The van der Waals surface area contributed by atoms with E-state index in [9.17, 15) is 10.1 Å². The third-order valence-corrected chi connectivity index (χ3v) is 1.98. The summed E-state index contributed by atoms with van der Waals surface area (Å²) in [6.45, 7) is 3.57. The van der Waals surface area contributed by atoms with Crippen molar-refractivity contribution in [3.8, 4) is 5.69 Å². The van der Waals surface area contributed by atoms with Crippen molar-refractivity contribution in [2.24, 2.45) is 0 Å². The van der Waals surface area contributed by atoms with Gasteiger partial charge in [0, 0.05) is 12.1 Å². The molecule has 16 heavy (non-hydrogen) atoms. The zero-order valence-electron chi connectivity index (χ0n) is 8.15. The van der Waals surface area contributed by atoms with Crippen molar-refractivity contribution < 1.29 is 4.92 Å². The monoisotopic (exact) mass is 217 g/mol. The van der Waals surface area contributed by atoms with Crippen LogP contribution in [0.2, 0.25) is 0 Å². The molecule has 0 unspecified atom stereocenters. The molecule has 1 heterocycles. The van der Waals surface area contributed by atoms with Gasteiger partial charge in [-0.25, -0.2) is 4.68 Å². The second-order valence-electron chi connectivity index (χ2n) is 3.00. The first-order valence-electron chi connectivity index (χ1n) is 4.36. The van der Waals surface area contributed by atoms with E-state index in [4.69, 9.17) is 0 Å². The molecule has 1 aromatic carbocycles. The van der Waals surface area contributed by atoms with Crippen LogP contribution in [-0.2, 0) is 0 Å². The topological polar surface area (TPSA) is 86.7 Å². The molecule has 7 heteroatoms. The van der Waals surface area contributed by atoms with Crippen LogP contribution < -0.4 is 0 Å². The summed E-state index contributed by atoms with van der Waals surface area (Å²) < 4.78 is 1.35. The van der Waals surface area contributed by atoms with Crippen LogP contribution in [0, 0.1) is 10.1 Å². The fraction of sp³-hybridized carbons (Fsp3) is 0. The van der Waals surface area contributed by atoms with E-state index in [0.29, 0.717) is 11.3 Å². The van der Waals surface area contributed by atoms with Crippen LogP contribution in [-0.4, -0.2) is 25.1 Å². The number of non-ortho nitro benzene ring substituents is 1. The van der Waals surface area contributed by atoms with E-state index < -0.39 is 4.92 Å². The van der Waals surface area contributed by atoms with Crippen molar-refractivity contribution in [1.29, 1.82) is 0 Å². The highest BCUT2D eigenvalue weighted by atomic mass is 16.6. The first-order chi connectivity index (χ1) is 7.70. The molecule has 0 fully saturated rings. The Kier molecular flexibility index (Phi) is 2.42. The standard InChI is InChI=1S/C9H7N5O2/c1-2-7-3-8(13-6-10-11-12-13)5-9(4-7)14(15)16/h2-6H,1H2. The van der Waals surface area contributed by atoms with E-state index in [1.54, 1.807) is 6.07 Å². The normalized spacial score (nSPS) is 10.0. The van der Waals surface area contributed by atoms with Gasteiger partial charge in [-0.1, -0.05) is 12.7 Å². The Balaban J connectivity index is 2.58. The maximum absolute atomic E-state index is 10.7. The summed E-state index contributed by atoms with van der Waals surface area (Å²) in [6.07, 6.45) is 2.90. The molecule has 0 amide bonds. The number of aromatic nitrogens is 4. The predicted octanol–water partition coefficient (Wildman–Crippen LogP) is 1.21. The molecule has 0 saturated carbocycles. The lowest BCUT2D eigenvalue weighted by atomic mass is 10.2. The molecular weight excluding hydrogens is 210 g/mol. The van der Waals surface area contributed by atoms with Crippen LogP contribution in [0.25, 0.3) is 11.8 Å². The molecule has 80 valence electrons. The van der Waals surface area contributed by atoms with Crippen LogP contribution >= 0.6 is 0 Å². The molecule has 0 aliphatic rings. The predicted molar refractivity (Wildman–Crippen MR) is 55.9 cm³/mol. The lowest BCUT2D eigenvalue weighted by Crippen LogP contribution is -1.98. The van der Waals surface area contributed by atoms with Crippen LogP contribution in [0.5, 0.6) is 0 Å². The van der Waals surface area contributed by atoms with E-state index in [0.717, 1.165) is 0 Å². The van der Waals surface area contributed by atoms with Crippen LogP contribution in [0.3, 0.4) is 0 Å². The largest absolute Gasteiger partial charge is 0.272 e. The fourth-order valence-electron chi connectivity index (χ4n) is 1.25. The van der Waals surface area contributed by atoms with Crippen LogP contribution in [0.4, 0.5) is 5.69 Å². The van der Waals surface area contributed by atoms with E-state index >= 15 is 0 Å². The summed E-state index contributed by atoms with van der Waals surface area (Å²) in [5.41, 5.74) is 1.14. The van der Waals surface area contributed by atoms with Gasteiger partial charge in [0.25, 0.3) is 5.69 Å². The number of tetrazole rings is 1. The molecule has 0 bridgehead atoms. The minimum Gasteiger partial charge on any atom is -0.258 e. The van der Waals surface area contributed by atoms with Gasteiger partial charge >= 0.3 is 0 Å². The summed E-state index contributed by atoms with van der Waals surface area (Å²) in [5, 5.41) is 21.3. The first kappa shape index (κ1) is 9.97. The van der Waals surface area contributed by atoms with Crippen molar-refractivity contribution in [2.45, 2.75) is 0 Å². The summed E-state index contributed by atoms with van der Waals surface area (Å²) in [6, 6.07) is 4.53. The van der Waals surface area contributed by atoms with Crippen LogP contribution in [0.1, 0.15) is 5.56 Å². The Bertz CT molecular complexity index is 535. The summed E-state index contributed by atoms with van der Waals surface area (Å²) in [4.78, 5) is 10.2. The van der Waals surface area contributed by atoms with Gasteiger partial charge in [-0.2, -0.15) is 0 Å². The maximum Gasteiger partial charge on any atom is 0.272 e. The SMILES string of the molecule is C=Cc1cc(-n2cnnn2)cc([N+](=O)[O-])c1. The zero-order chi connectivity index (χ0) is 11.5. The molecular formula is C9H7N5O2. The quantitative estimate of drug-likeness (QED) is 0.569. The summed E-state index contributed by atoms with van der Waals surface area (Å²) >= 11 is 0. The van der Waals surface area contributed by atoms with Gasteiger partial charge in [-0.15, -0.1) is 5.10 Å². The highest BCUT2D eigenvalue weighted by Crippen LogP contribution is 2.19. The number of hydrogen-bond acceptors (Lipinski definition) is 5. The van der Waals surface area contributed by atoms with Crippen molar-refractivity contribution in [3.63, 3.8) is 0 Å². The van der Waals surface area contributed by atoms with Crippen molar-refractivity contribution in [2.75, 3.05) is 0 Å². The Morgan fingerprint density at radius 3 is 2.81 bits per heavy atom. The molecule has 0 aliphatic heterocycles. The molecule has 0 saturated heterocycles. The number of benzene rings is 1. The van der Waals surface area contributed by atoms with E-state index in [1.807, 2.05) is 0 Å². The highest BCUT2D eigenvalue weighted by Gasteiger charge is 2.10. The smallest absolute Gasteiger partial charge is 0.258 e. The maximum atomic E-state index is 10.7. The average molecular weight is 217 g/mol. The van der Waals surface area contributed by atoms with Crippen molar-refractivity contribution in [1.82, 2.24) is 20.2 Å². The fourth-order valence-corrected chi connectivity index (χ4v) is 1.25. The third kappa shape index (κ3) is 1.78. The Hall–Kier alpha value is -2.57. The van der Waals surface area contributed by atoms with Gasteiger partial charge in [-0.3, -0.25) is 10.1 Å².